The molecule has 0 aliphatic heterocycles. The first-order valence-corrected chi connectivity index (χ1v) is 7.99. The molecule has 1 saturated carbocycles. The summed E-state index contributed by atoms with van der Waals surface area (Å²) in [6.07, 6.45) is 4.17. The number of benzene rings is 1. The second-order valence-electron chi connectivity index (χ2n) is 5.13. The van der Waals surface area contributed by atoms with Crippen LogP contribution in [0.3, 0.4) is 0 Å². The van der Waals surface area contributed by atoms with E-state index in [2.05, 4.69) is 31.9 Å². The van der Waals surface area contributed by atoms with Gasteiger partial charge in [-0.15, -0.1) is 0 Å². The Morgan fingerprint density at radius 2 is 2.05 bits per heavy atom. The minimum absolute atomic E-state index is 0.290. The number of nitrogens with two attached hydrogens (primary N) is 1. The third-order valence-electron chi connectivity index (χ3n) is 3.71. The molecule has 1 aromatic carbocycles. The molecule has 0 saturated heterocycles. The average Bonchev–Trinajstić information content (AvgIpc) is 2.41. The lowest BCUT2D eigenvalue weighted by Crippen LogP contribution is -2.47. The van der Waals surface area contributed by atoms with Crippen molar-refractivity contribution in [2.24, 2.45) is 0 Å². The number of rotatable bonds is 3. The summed E-state index contributed by atoms with van der Waals surface area (Å²) in [5, 5.41) is 10.8. The Labute approximate surface area is 134 Å². The predicted octanol–water partition coefficient (Wildman–Crippen LogP) is 3.88. The van der Waals surface area contributed by atoms with Gasteiger partial charge in [0.1, 0.15) is 5.72 Å². The van der Waals surface area contributed by atoms with E-state index in [-0.39, 0.29) is 6.54 Å². The van der Waals surface area contributed by atoms with Crippen LogP contribution < -0.4 is 5.73 Å². The highest BCUT2D eigenvalue weighted by Crippen LogP contribution is 2.34. The maximum Gasteiger partial charge on any atom is 0.118 e. The molecule has 0 unspecified atom stereocenters. The molecule has 0 amide bonds. The summed E-state index contributed by atoms with van der Waals surface area (Å²) in [6.45, 7) is -0.942. The largest absolute Gasteiger partial charge is 0.398 e. The van der Waals surface area contributed by atoms with Crippen LogP contribution in [0.4, 0.5) is 5.69 Å². The lowest BCUT2D eigenvalue weighted by molar-refractivity contribution is -0.124. The first-order chi connectivity index (χ1) is 9.83. The molecule has 0 bridgehead atoms. The van der Waals surface area contributed by atoms with Gasteiger partial charge in [-0.2, -0.15) is 0 Å². The van der Waals surface area contributed by atoms with Gasteiger partial charge in [-0.25, -0.2) is 0 Å². The maximum absolute atomic E-state index is 10.8. The van der Waals surface area contributed by atoms with Crippen LogP contribution in [-0.4, -0.2) is 22.7 Å². The van der Waals surface area contributed by atoms with Gasteiger partial charge in [0.15, 0.2) is 0 Å². The summed E-state index contributed by atoms with van der Waals surface area (Å²) in [5.74, 6) is 0. The van der Waals surface area contributed by atoms with Gasteiger partial charge in [0.2, 0.25) is 0 Å². The topological polar surface area (TPSA) is 49.5 Å². The van der Waals surface area contributed by atoms with Crippen molar-refractivity contribution in [3.63, 3.8) is 0 Å². The molecule has 2 rings (SSSR count). The first kappa shape index (κ1) is 12.6. The van der Waals surface area contributed by atoms with Gasteiger partial charge in [-0.1, -0.05) is 22.4 Å². The maximum atomic E-state index is 10.8. The Kier molecular flexibility index (Phi) is 4.07. The highest BCUT2D eigenvalue weighted by Gasteiger charge is 2.33. The van der Waals surface area contributed by atoms with Crippen molar-refractivity contribution in [1.82, 2.24) is 4.90 Å². The van der Waals surface area contributed by atoms with Crippen LogP contribution in [0.15, 0.2) is 21.1 Å². The van der Waals surface area contributed by atoms with Gasteiger partial charge in [0.25, 0.3) is 0 Å². The van der Waals surface area contributed by atoms with Crippen LogP contribution in [0.5, 0.6) is 0 Å². The lowest BCUT2D eigenvalue weighted by atomic mass is 9.91. The Morgan fingerprint density at radius 1 is 1.37 bits per heavy atom. The molecule has 0 radical (unpaired) electrons. The zero-order chi connectivity index (χ0) is 15.6. The summed E-state index contributed by atoms with van der Waals surface area (Å²) in [7, 11) is 0. The Hall–Kier alpha value is -0.100. The standard InChI is InChI=1S/C14H20Br2N2O/c1-18(14(19)5-3-2-4-6-14)9-10-7-11(15)8-12(16)13(10)17/h7-8,19H,2-6,9,17H2,1H3/i1+1D2. The molecule has 3 nitrogen and oxygen atoms in total. The summed E-state index contributed by atoms with van der Waals surface area (Å²) in [4.78, 5) is 1.52. The molecule has 1 aromatic rings. The van der Waals surface area contributed by atoms with E-state index in [0.29, 0.717) is 18.5 Å². The van der Waals surface area contributed by atoms with Crippen molar-refractivity contribution in [2.75, 3.05) is 12.7 Å². The quantitative estimate of drug-likeness (QED) is 0.464. The Morgan fingerprint density at radius 3 is 2.68 bits per heavy atom. The van der Waals surface area contributed by atoms with E-state index in [1.807, 2.05) is 12.1 Å². The Bertz CT molecular complexity index is 508. The monoisotopic (exact) mass is 393 g/mol. The smallest absolute Gasteiger partial charge is 0.118 e. The molecule has 19 heavy (non-hydrogen) atoms. The summed E-state index contributed by atoms with van der Waals surface area (Å²) in [6, 6.07) is 3.74. The molecule has 1 aliphatic rings. The number of hydrogen-bond donors (Lipinski definition) is 2. The van der Waals surface area contributed by atoms with E-state index in [9.17, 15) is 5.11 Å². The molecule has 0 spiro atoms. The van der Waals surface area contributed by atoms with E-state index < -0.39 is 12.7 Å². The normalized spacial score (nSPS) is 20.5. The summed E-state index contributed by atoms with van der Waals surface area (Å²) in [5.41, 5.74) is 6.39. The molecule has 0 aromatic heterocycles. The van der Waals surface area contributed by atoms with E-state index in [1.54, 1.807) is 0 Å². The second-order valence-corrected chi connectivity index (χ2v) is 6.90. The van der Waals surface area contributed by atoms with Gasteiger partial charge >= 0.3 is 0 Å². The fourth-order valence-electron chi connectivity index (χ4n) is 2.50. The number of nitrogens with zero attached hydrogens (tertiary/aromatic N) is 1. The third-order valence-corrected chi connectivity index (χ3v) is 4.82. The van der Waals surface area contributed by atoms with Gasteiger partial charge in [0, 0.05) is 18.2 Å². The molecule has 3 N–H and O–H groups in total. The summed E-state index contributed by atoms with van der Waals surface area (Å²) < 4.78 is 17.2. The number of nitrogen functional groups attached to an aromatic ring is 1. The van der Waals surface area contributed by atoms with Crippen molar-refractivity contribution in [1.29, 1.82) is 0 Å². The van der Waals surface area contributed by atoms with Gasteiger partial charge in [-0.3, -0.25) is 4.90 Å². The van der Waals surface area contributed by atoms with E-state index in [4.69, 9.17) is 8.48 Å². The fraction of sp³-hybridized carbons (Fsp3) is 0.571. The highest BCUT2D eigenvalue weighted by atomic mass is 79.9. The van der Waals surface area contributed by atoms with E-state index in [1.165, 1.54) is 4.90 Å². The number of anilines is 1. The first-order valence-electron chi connectivity index (χ1n) is 7.56. The zero-order valence-corrected chi connectivity index (χ0v) is 13.9. The van der Waals surface area contributed by atoms with Crippen molar-refractivity contribution in [2.45, 2.75) is 44.4 Å². The van der Waals surface area contributed by atoms with Crippen LogP contribution in [-0.2, 0) is 6.54 Å². The van der Waals surface area contributed by atoms with Gasteiger partial charge in [-0.05, 0) is 66.3 Å². The molecule has 5 heteroatoms. The lowest BCUT2D eigenvalue weighted by Gasteiger charge is -2.40. The van der Waals surface area contributed by atoms with Crippen molar-refractivity contribution < 1.29 is 7.85 Å². The number of aliphatic hydroxyl groups is 1. The summed E-state index contributed by atoms with van der Waals surface area (Å²) >= 11 is 6.83. The molecular weight excluding hydrogens is 373 g/mol. The number of halogens is 2. The molecular formula is C14H20Br2N2O. The van der Waals surface area contributed by atoms with Crippen LogP contribution in [0.2, 0.25) is 0 Å². The molecule has 1 aliphatic carbocycles. The van der Waals surface area contributed by atoms with E-state index in [0.717, 1.165) is 33.8 Å². The molecule has 0 heterocycles. The van der Waals surface area contributed by atoms with Crippen LogP contribution in [0, 0.1) is 0 Å². The molecule has 0 atom stereocenters. The van der Waals surface area contributed by atoms with Crippen LogP contribution in [0.25, 0.3) is 0 Å². The third kappa shape index (κ3) is 3.51. The van der Waals surface area contributed by atoms with Crippen LogP contribution in [0.1, 0.15) is 40.4 Å². The van der Waals surface area contributed by atoms with Crippen molar-refractivity contribution >= 4 is 37.5 Å². The molecule has 106 valence electrons. The number of hydrogen-bond acceptors (Lipinski definition) is 3. The second kappa shape index (κ2) is 6.12. The SMILES string of the molecule is [2H][13CH]([2H])N(Cc1cc(Br)cc(Br)c1N)C1(O)CCCCC1. The zero-order valence-electron chi connectivity index (χ0n) is 12.7. The minimum Gasteiger partial charge on any atom is -0.398 e. The fourth-order valence-corrected chi connectivity index (χ4v) is 3.82. The Balaban J connectivity index is 2.28. The minimum atomic E-state index is -1.23. The van der Waals surface area contributed by atoms with Gasteiger partial charge in [0.05, 0.1) is 5.69 Å². The van der Waals surface area contributed by atoms with E-state index >= 15 is 0 Å². The predicted molar refractivity (Wildman–Crippen MR) is 85.8 cm³/mol. The van der Waals surface area contributed by atoms with Crippen molar-refractivity contribution in [3.05, 3.63) is 26.6 Å². The van der Waals surface area contributed by atoms with Gasteiger partial charge < -0.3 is 10.8 Å². The molecule has 1 fully saturated rings. The van der Waals surface area contributed by atoms with Crippen molar-refractivity contribution in [3.8, 4) is 0 Å². The van der Waals surface area contributed by atoms with Crippen LogP contribution >= 0.6 is 31.9 Å². The average molecular weight is 395 g/mol. The highest BCUT2D eigenvalue weighted by molar-refractivity contribution is 9.11.